The fraction of sp³-hybridized carbons (Fsp3) is 0.526. The highest BCUT2D eigenvalue weighted by Crippen LogP contribution is 2.27. The number of nitrogens with zero attached hydrogens (tertiary/aromatic N) is 3. The van der Waals surface area contributed by atoms with Gasteiger partial charge < -0.3 is 20.1 Å². The third-order valence-corrected chi connectivity index (χ3v) is 4.66. The third-order valence-electron chi connectivity index (χ3n) is 4.66. The number of ether oxygens (including phenoxy) is 1. The second-order valence-electron chi connectivity index (χ2n) is 6.79. The number of hydrogen-bond acceptors (Lipinski definition) is 7. The SMILES string of the molecule is CCN(CCNN(C)C(=O)CO)c1ccc(N2C[C@H](CNC(C)=O)OC2=O)cc1F. The normalized spacial score (nSPS) is 15.7. The van der Waals surface area contributed by atoms with Crippen molar-refractivity contribution in [3.63, 3.8) is 0 Å². The number of nitrogens with one attached hydrogen (secondary N) is 2. The summed E-state index contributed by atoms with van der Waals surface area (Å²) in [6.45, 7) is 4.37. The van der Waals surface area contributed by atoms with E-state index in [9.17, 15) is 18.8 Å². The maximum atomic E-state index is 14.8. The van der Waals surface area contributed by atoms with Crippen LogP contribution in [0.15, 0.2) is 18.2 Å². The van der Waals surface area contributed by atoms with Crippen molar-refractivity contribution in [2.75, 3.05) is 56.2 Å². The molecule has 0 aromatic heterocycles. The van der Waals surface area contributed by atoms with Gasteiger partial charge >= 0.3 is 6.09 Å². The lowest BCUT2D eigenvalue weighted by Gasteiger charge is -2.26. The Bertz CT molecular complexity index is 778. The van der Waals surface area contributed by atoms with Crippen LogP contribution in [0.25, 0.3) is 0 Å². The van der Waals surface area contributed by atoms with Gasteiger partial charge in [-0.15, -0.1) is 0 Å². The van der Waals surface area contributed by atoms with Crippen LogP contribution in [0.5, 0.6) is 0 Å². The molecule has 1 atom stereocenters. The fourth-order valence-electron chi connectivity index (χ4n) is 3.01. The van der Waals surface area contributed by atoms with Crippen LogP contribution in [0, 0.1) is 5.82 Å². The van der Waals surface area contributed by atoms with Crippen LogP contribution in [0.3, 0.4) is 0 Å². The summed E-state index contributed by atoms with van der Waals surface area (Å²) in [5, 5.41) is 12.6. The number of benzene rings is 1. The van der Waals surface area contributed by atoms with Crippen LogP contribution < -0.4 is 20.5 Å². The van der Waals surface area contributed by atoms with Gasteiger partial charge in [-0.25, -0.2) is 14.6 Å². The van der Waals surface area contributed by atoms with E-state index in [4.69, 9.17) is 9.84 Å². The second-order valence-corrected chi connectivity index (χ2v) is 6.79. The van der Waals surface area contributed by atoms with E-state index in [0.717, 1.165) is 0 Å². The Labute approximate surface area is 174 Å². The maximum absolute atomic E-state index is 14.8. The largest absolute Gasteiger partial charge is 0.442 e. The number of carbonyl (C=O) groups is 3. The number of hydrazine groups is 1. The van der Waals surface area contributed by atoms with Crippen molar-refractivity contribution in [2.24, 2.45) is 0 Å². The first-order valence-corrected chi connectivity index (χ1v) is 9.64. The van der Waals surface area contributed by atoms with Crippen LogP contribution in [-0.4, -0.2) is 80.5 Å². The number of aliphatic hydroxyl groups excluding tert-OH is 1. The molecule has 10 nitrogen and oxygen atoms in total. The van der Waals surface area contributed by atoms with E-state index < -0.39 is 30.5 Å². The highest BCUT2D eigenvalue weighted by Gasteiger charge is 2.32. The number of likely N-dealkylation sites (N-methyl/N-ethyl adjacent to an activating group) is 2. The topological polar surface area (TPSA) is 114 Å². The van der Waals surface area contributed by atoms with Crippen LogP contribution in [-0.2, 0) is 14.3 Å². The van der Waals surface area contributed by atoms with E-state index in [-0.39, 0.29) is 19.0 Å². The lowest BCUT2D eigenvalue weighted by molar-refractivity contribution is -0.135. The molecule has 30 heavy (non-hydrogen) atoms. The quantitative estimate of drug-likeness (QED) is 0.455. The van der Waals surface area contributed by atoms with Gasteiger partial charge in [-0.2, -0.15) is 0 Å². The zero-order chi connectivity index (χ0) is 22.3. The van der Waals surface area contributed by atoms with Crippen molar-refractivity contribution in [3.05, 3.63) is 24.0 Å². The summed E-state index contributed by atoms with van der Waals surface area (Å²) in [6, 6.07) is 4.50. The Morgan fingerprint density at radius 1 is 1.40 bits per heavy atom. The molecule has 3 N–H and O–H groups in total. The molecule has 1 heterocycles. The Morgan fingerprint density at radius 2 is 2.13 bits per heavy atom. The number of aliphatic hydroxyl groups is 1. The molecule has 0 bridgehead atoms. The van der Waals surface area contributed by atoms with Crippen molar-refractivity contribution in [3.8, 4) is 0 Å². The Kier molecular flexibility index (Phi) is 8.36. The molecular formula is C19H28FN5O5. The summed E-state index contributed by atoms with van der Waals surface area (Å²) < 4.78 is 20.0. The van der Waals surface area contributed by atoms with Gasteiger partial charge in [0, 0.05) is 33.6 Å². The van der Waals surface area contributed by atoms with Gasteiger partial charge in [-0.05, 0) is 25.1 Å². The van der Waals surface area contributed by atoms with Gasteiger partial charge in [-0.1, -0.05) is 0 Å². The Balaban J connectivity index is 2.00. The molecule has 0 unspecified atom stereocenters. The second kappa shape index (κ2) is 10.7. The molecule has 1 aliphatic heterocycles. The first-order chi connectivity index (χ1) is 14.3. The molecular weight excluding hydrogens is 397 g/mol. The molecule has 3 amide bonds. The molecule has 1 saturated heterocycles. The van der Waals surface area contributed by atoms with E-state index in [1.165, 1.54) is 29.9 Å². The van der Waals surface area contributed by atoms with E-state index in [1.54, 1.807) is 17.0 Å². The van der Waals surface area contributed by atoms with E-state index in [2.05, 4.69) is 10.7 Å². The minimum absolute atomic E-state index is 0.196. The minimum Gasteiger partial charge on any atom is -0.442 e. The maximum Gasteiger partial charge on any atom is 0.414 e. The van der Waals surface area contributed by atoms with E-state index >= 15 is 0 Å². The number of carbonyl (C=O) groups excluding carboxylic acids is 3. The molecule has 2 rings (SSSR count). The summed E-state index contributed by atoms with van der Waals surface area (Å²) in [4.78, 5) is 37.6. The molecule has 1 fully saturated rings. The summed E-state index contributed by atoms with van der Waals surface area (Å²) in [7, 11) is 1.50. The molecule has 1 aliphatic rings. The standard InChI is InChI=1S/C19H28FN5O5/c1-4-24(8-7-22-23(3)18(28)12-26)17-6-5-14(9-16(17)20)25-11-15(30-19(25)29)10-21-13(2)27/h5-6,9,15,22,26H,4,7-8,10-12H2,1-3H3,(H,21,27)/t15-/m0/s1. The summed E-state index contributed by atoms with van der Waals surface area (Å²) in [5.41, 5.74) is 3.57. The number of amides is 3. The highest BCUT2D eigenvalue weighted by molar-refractivity contribution is 5.90. The first kappa shape index (κ1) is 23.4. The number of cyclic esters (lactones) is 1. The number of hydrogen-bond donors (Lipinski definition) is 3. The summed E-state index contributed by atoms with van der Waals surface area (Å²) in [6.07, 6.45) is -1.09. The molecule has 11 heteroatoms. The predicted octanol–water partition coefficient (Wildman–Crippen LogP) is 0.0686. The van der Waals surface area contributed by atoms with Crippen LogP contribution in [0.2, 0.25) is 0 Å². The smallest absolute Gasteiger partial charge is 0.414 e. The summed E-state index contributed by atoms with van der Waals surface area (Å²) >= 11 is 0. The van der Waals surface area contributed by atoms with Crippen molar-refractivity contribution in [2.45, 2.75) is 20.0 Å². The van der Waals surface area contributed by atoms with Gasteiger partial charge in [0.15, 0.2) is 0 Å². The zero-order valence-electron chi connectivity index (χ0n) is 17.4. The average Bonchev–Trinajstić information content (AvgIpc) is 3.09. The first-order valence-electron chi connectivity index (χ1n) is 9.64. The van der Waals surface area contributed by atoms with Gasteiger partial charge in [0.2, 0.25) is 5.91 Å². The van der Waals surface area contributed by atoms with Gasteiger partial charge in [-0.3, -0.25) is 19.5 Å². The molecule has 0 saturated carbocycles. The third kappa shape index (κ3) is 6.04. The average molecular weight is 425 g/mol. The predicted molar refractivity (Wildman–Crippen MR) is 108 cm³/mol. The van der Waals surface area contributed by atoms with Crippen LogP contribution in [0.4, 0.5) is 20.6 Å². The van der Waals surface area contributed by atoms with Gasteiger partial charge in [0.05, 0.1) is 24.5 Å². The molecule has 166 valence electrons. The molecule has 1 aromatic rings. The van der Waals surface area contributed by atoms with E-state index in [1.807, 2.05) is 6.92 Å². The number of rotatable bonds is 10. The molecule has 0 spiro atoms. The monoisotopic (exact) mass is 425 g/mol. The lowest BCUT2D eigenvalue weighted by Crippen LogP contribution is -2.44. The summed E-state index contributed by atoms with van der Waals surface area (Å²) in [5.74, 6) is -1.18. The van der Waals surface area contributed by atoms with Crippen LogP contribution in [0.1, 0.15) is 13.8 Å². The van der Waals surface area contributed by atoms with E-state index in [0.29, 0.717) is 31.0 Å². The highest BCUT2D eigenvalue weighted by atomic mass is 19.1. The minimum atomic E-state index is -0.596. The van der Waals surface area contributed by atoms with Gasteiger partial charge in [0.25, 0.3) is 5.91 Å². The fourth-order valence-corrected chi connectivity index (χ4v) is 3.01. The van der Waals surface area contributed by atoms with Crippen LogP contribution >= 0.6 is 0 Å². The molecule has 0 aliphatic carbocycles. The number of anilines is 2. The van der Waals surface area contributed by atoms with Crippen molar-refractivity contribution < 1.29 is 28.6 Å². The Hall–Kier alpha value is -2.92. The van der Waals surface area contributed by atoms with Crippen molar-refractivity contribution >= 4 is 29.3 Å². The molecule has 1 aromatic carbocycles. The molecule has 0 radical (unpaired) electrons. The van der Waals surface area contributed by atoms with Crippen molar-refractivity contribution in [1.29, 1.82) is 0 Å². The zero-order valence-corrected chi connectivity index (χ0v) is 17.4. The number of halogens is 1. The van der Waals surface area contributed by atoms with Crippen molar-refractivity contribution in [1.82, 2.24) is 15.8 Å². The lowest BCUT2D eigenvalue weighted by atomic mass is 10.2. The Morgan fingerprint density at radius 3 is 2.73 bits per heavy atom. The van der Waals surface area contributed by atoms with Gasteiger partial charge in [0.1, 0.15) is 18.5 Å².